The number of hydrogen-bond donors (Lipinski definition) is 1. The maximum absolute atomic E-state index is 12.0. The summed E-state index contributed by atoms with van der Waals surface area (Å²) in [5.41, 5.74) is 0. The molecule has 0 radical (unpaired) electrons. The topological polar surface area (TPSA) is 29.1 Å². The summed E-state index contributed by atoms with van der Waals surface area (Å²) < 4.78 is 12.0. The molecule has 0 aromatic carbocycles. The fourth-order valence-corrected chi connectivity index (χ4v) is 4.08. The number of hydrogen-bond acceptors (Lipinski definition) is 2. The van der Waals surface area contributed by atoms with E-state index in [4.69, 9.17) is 0 Å². The van der Waals surface area contributed by atoms with Crippen molar-refractivity contribution >= 4 is 10.8 Å². The first-order valence-corrected chi connectivity index (χ1v) is 7.22. The van der Waals surface area contributed by atoms with Gasteiger partial charge in [-0.25, -0.2) is 0 Å². The van der Waals surface area contributed by atoms with Gasteiger partial charge in [-0.15, -0.1) is 0 Å². The maximum Gasteiger partial charge on any atom is 0.0501 e. The standard InChI is InChI=1S/C11H23NOS/c1-3-4-5-9-14(13)11-8-6-7-10(11)12-2/h10-12H,3-9H2,1-2H3. The Balaban J connectivity index is 2.28. The van der Waals surface area contributed by atoms with Crippen LogP contribution in [-0.2, 0) is 10.8 Å². The average Bonchev–Trinajstić information content (AvgIpc) is 2.65. The smallest absolute Gasteiger partial charge is 0.0501 e. The lowest BCUT2D eigenvalue weighted by molar-refractivity contribution is 0.574. The fraction of sp³-hybridized carbons (Fsp3) is 1.00. The molecule has 0 saturated heterocycles. The highest BCUT2D eigenvalue weighted by molar-refractivity contribution is 7.85. The molecule has 0 spiro atoms. The minimum absolute atomic E-state index is 0.428. The Hall–Kier alpha value is 0.110. The lowest BCUT2D eigenvalue weighted by Crippen LogP contribution is -2.36. The zero-order valence-corrected chi connectivity index (χ0v) is 10.2. The largest absolute Gasteiger partial charge is 0.316 e. The highest BCUT2D eigenvalue weighted by atomic mass is 32.2. The molecule has 1 aliphatic rings. The maximum atomic E-state index is 12.0. The van der Waals surface area contributed by atoms with Gasteiger partial charge in [-0.05, 0) is 26.3 Å². The van der Waals surface area contributed by atoms with Crippen molar-refractivity contribution in [3.63, 3.8) is 0 Å². The summed E-state index contributed by atoms with van der Waals surface area (Å²) in [4.78, 5) is 0. The Bertz CT molecular complexity index is 184. The second kappa shape index (κ2) is 6.57. The Labute approximate surface area is 90.3 Å². The Morgan fingerprint density at radius 1 is 1.36 bits per heavy atom. The van der Waals surface area contributed by atoms with E-state index in [0.29, 0.717) is 11.3 Å². The molecule has 2 nitrogen and oxygen atoms in total. The van der Waals surface area contributed by atoms with Crippen LogP contribution < -0.4 is 5.32 Å². The number of unbranched alkanes of at least 4 members (excludes halogenated alkanes) is 2. The van der Waals surface area contributed by atoms with Gasteiger partial charge in [0, 0.05) is 22.6 Å². The van der Waals surface area contributed by atoms with Gasteiger partial charge in [0.2, 0.25) is 0 Å². The van der Waals surface area contributed by atoms with E-state index in [1.54, 1.807) is 0 Å². The van der Waals surface area contributed by atoms with E-state index < -0.39 is 10.8 Å². The van der Waals surface area contributed by atoms with Gasteiger partial charge in [0.15, 0.2) is 0 Å². The van der Waals surface area contributed by atoms with Gasteiger partial charge in [0.25, 0.3) is 0 Å². The van der Waals surface area contributed by atoms with E-state index in [0.717, 1.165) is 18.6 Å². The Kier molecular flexibility index (Phi) is 5.71. The molecule has 0 heterocycles. The second-order valence-electron chi connectivity index (χ2n) is 4.16. The minimum atomic E-state index is -0.589. The van der Waals surface area contributed by atoms with Crippen molar-refractivity contribution in [3.05, 3.63) is 0 Å². The van der Waals surface area contributed by atoms with Gasteiger partial charge in [0.05, 0.1) is 5.25 Å². The molecule has 1 N–H and O–H groups in total. The third-order valence-electron chi connectivity index (χ3n) is 3.11. The molecular formula is C11H23NOS. The molecule has 1 saturated carbocycles. The van der Waals surface area contributed by atoms with E-state index in [2.05, 4.69) is 12.2 Å². The van der Waals surface area contributed by atoms with Crippen molar-refractivity contribution in [3.8, 4) is 0 Å². The van der Waals surface area contributed by atoms with Crippen LogP contribution in [-0.4, -0.2) is 28.3 Å². The van der Waals surface area contributed by atoms with Crippen molar-refractivity contribution in [2.24, 2.45) is 0 Å². The van der Waals surface area contributed by atoms with Crippen molar-refractivity contribution in [1.82, 2.24) is 5.32 Å². The van der Waals surface area contributed by atoms with Gasteiger partial charge in [-0.3, -0.25) is 4.21 Å². The summed E-state index contributed by atoms with van der Waals surface area (Å²) >= 11 is 0. The zero-order chi connectivity index (χ0) is 10.4. The van der Waals surface area contributed by atoms with Gasteiger partial charge >= 0.3 is 0 Å². The van der Waals surface area contributed by atoms with Gasteiger partial charge < -0.3 is 5.32 Å². The molecule has 3 heteroatoms. The zero-order valence-electron chi connectivity index (χ0n) is 9.42. The number of nitrogens with one attached hydrogen (secondary N) is 1. The molecule has 14 heavy (non-hydrogen) atoms. The molecule has 1 aliphatic carbocycles. The average molecular weight is 217 g/mol. The fourth-order valence-electron chi connectivity index (χ4n) is 2.22. The monoisotopic (exact) mass is 217 g/mol. The Morgan fingerprint density at radius 3 is 2.79 bits per heavy atom. The van der Waals surface area contributed by atoms with Crippen LogP contribution in [0.25, 0.3) is 0 Å². The van der Waals surface area contributed by atoms with Gasteiger partial charge in [-0.2, -0.15) is 0 Å². The molecule has 0 aromatic heterocycles. The van der Waals surface area contributed by atoms with Crippen LogP contribution in [0.4, 0.5) is 0 Å². The summed E-state index contributed by atoms with van der Waals surface area (Å²) in [6, 6.07) is 0.512. The van der Waals surface area contributed by atoms with Crippen LogP contribution in [0.15, 0.2) is 0 Å². The van der Waals surface area contributed by atoms with E-state index in [1.165, 1.54) is 25.7 Å². The van der Waals surface area contributed by atoms with Gasteiger partial charge in [-0.1, -0.05) is 26.2 Å². The van der Waals surface area contributed by atoms with E-state index in [-0.39, 0.29) is 0 Å². The lowest BCUT2D eigenvalue weighted by Gasteiger charge is -2.18. The van der Waals surface area contributed by atoms with Crippen LogP contribution in [0, 0.1) is 0 Å². The first-order chi connectivity index (χ1) is 6.79. The predicted molar refractivity (Wildman–Crippen MR) is 63.0 cm³/mol. The molecule has 3 atom stereocenters. The molecular weight excluding hydrogens is 194 g/mol. The highest BCUT2D eigenvalue weighted by Gasteiger charge is 2.30. The summed E-state index contributed by atoms with van der Waals surface area (Å²) in [6.07, 6.45) is 7.19. The molecule has 1 fully saturated rings. The van der Waals surface area contributed by atoms with Crippen LogP contribution in [0.5, 0.6) is 0 Å². The van der Waals surface area contributed by atoms with E-state index in [9.17, 15) is 4.21 Å². The number of rotatable bonds is 6. The first-order valence-electron chi connectivity index (χ1n) is 5.84. The first kappa shape index (κ1) is 12.2. The molecule has 0 amide bonds. The summed E-state index contributed by atoms with van der Waals surface area (Å²) in [5.74, 6) is 0.913. The summed E-state index contributed by atoms with van der Waals surface area (Å²) in [5, 5.41) is 3.72. The minimum Gasteiger partial charge on any atom is -0.316 e. The molecule has 3 unspecified atom stereocenters. The normalized spacial score (nSPS) is 29.3. The Morgan fingerprint density at radius 2 is 2.14 bits per heavy atom. The quantitative estimate of drug-likeness (QED) is 0.690. The lowest BCUT2D eigenvalue weighted by atomic mass is 10.2. The predicted octanol–water partition coefficient (Wildman–Crippen LogP) is 2.07. The van der Waals surface area contributed by atoms with Gasteiger partial charge in [0.1, 0.15) is 0 Å². The molecule has 84 valence electrons. The molecule has 0 bridgehead atoms. The van der Waals surface area contributed by atoms with Crippen molar-refractivity contribution in [2.45, 2.75) is 56.7 Å². The molecule has 0 aromatic rings. The van der Waals surface area contributed by atoms with E-state index in [1.807, 2.05) is 7.05 Å². The summed E-state index contributed by atoms with van der Waals surface area (Å²) in [7, 11) is 1.40. The van der Waals surface area contributed by atoms with Crippen molar-refractivity contribution in [2.75, 3.05) is 12.8 Å². The van der Waals surface area contributed by atoms with Crippen LogP contribution >= 0.6 is 0 Å². The third kappa shape index (κ3) is 3.35. The third-order valence-corrected chi connectivity index (χ3v) is 5.04. The summed E-state index contributed by atoms with van der Waals surface area (Å²) in [6.45, 7) is 2.19. The van der Waals surface area contributed by atoms with Crippen molar-refractivity contribution in [1.29, 1.82) is 0 Å². The SMILES string of the molecule is CCCCCS(=O)C1CCCC1NC. The van der Waals surface area contributed by atoms with Crippen LogP contribution in [0.3, 0.4) is 0 Å². The van der Waals surface area contributed by atoms with E-state index >= 15 is 0 Å². The second-order valence-corrected chi connectivity index (χ2v) is 5.93. The highest BCUT2D eigenvalue weighted by Crippen LogP contribution is 2.24. The molecule has 0 aliphatic heterocycles. The van der Waals surface area contributed by atoms with Crippen molar-refractivity contribution < 1.29 is 4.21 Å². The van der Waals surface area contributed by atoms with Crippen LogP contribution in [0.2, 0.25) is 0 Å². The van der Waals surface area contributed by atoms with Crippen LogP contribution in [0.1, 0.15) is 45.4 Å². The molecule has 1 rings (SSSR count).